The van der Waals surface area contributed by atoms with Crippen LogP contribution in [0.15, 0.2) is 42.5 Å². The topological polar surface area (TPSA) is 69.0 Å². The lowest BCUT2D eigenvalue weighted by Gasteiger charge is -2.36. The molecular weight excluding hydrogens is 428 g/mol. The molecule has 0 spiro atoms. The first-order chi connectivity index (χ1) is 16.7. The first kappa shape index (κ1) is 23.9. The quantitative estimate of drug-likeness (QED) is 0.556. The summed E-state index contributed by atoms with van der Waals surface area (Å²) in [5, 5.41) is 9.29. The molecule has 0 saturated carbocycles. The normalized spacial score (nSPS) is 16.7. The molecule has 0 aromatic heterocycles. The van der Waals surface area contributed by atoms with E-state index in [0.717, 1.165) is 44.1 Å². The Bertz CT molecular complexity index is 988. The van der Waals surface area contributed by atoms with E-state index in [1.165, 1.54) is 39.5 Å². The van der Waals surface area contributed by atoms with Gasteiger partial charge in [-0.15, -0.1) is 0 Å². The molecule has 0 bridgehead atoms. The van der Waals surface area contributed by atoms with Crippen molar-refractivity contribution in [2.75, 3.05) is 64.4 Å². The molecule has 1 amide bonds. The van der Waals surface area contributed by atoms with Crippen LogP contribution in [0.2, 0.25) is 0 Å². The number of ether oxygens (including phenoxy) is 2. The predicted molar refractivity (Wildman–Crippen MR) is 133 cm³/mol. The lowest BCUT2D eigenvalue weighted by molar-refractivity contribution is 0.0746. The summed E-state index contributed by atoms with van der Waals surface area (Å²) in [7, 11) is 1.52. The van der Waals surface area contributed by atoms with Gasteiger partial charge in [0, 0.05) is 44.0 Å². The highest BCUT2D eigenvalue weighted by Gasteiger charge is 2.23. The number of benzene rings is 2. The Morgan fingerprint density at radius 3 is 2.38 bits per heavy atom. The second kappa shape index (κ2) is 11.8. The van der Waals surface area contributed by atoms with Crippen LogP contribution in [0, 0.1) is 11.3 Å². The maximum Gasteiger partial charge on any atom is 0.254 e. The molecule has 7 heteroatoms. The number of rotatable bonds is 8. The van der Waals surface area contributed by atoms with Crippen molar-refractivity contribution in [3.05, 3.63) is 53.6 Å². The third kappa shape index (κ3) is 6.00. The zero-order valence-corrected chi connectivity index (χ0v) is 20.0. The molecule has 2 aliphatic heterocycles. The van der Waals surface area contributed by atoms with Crippen molar-refractivity contribution in [2.24, 2.45) is 0 Å². The summed E-state index contributed by atoms with van der Waals surface area (Å²) in [6.07, 6.45) is 5.08. The third-order valence-corrected chi connectivity index (χ3v) is 6.67. The van der Waals surface area contributed by atoms with Crippen LogP contribution in [0.5, 0.6) is 11.5 Å². The van der Waals surface area contributed by atoms with E-state index in [9.17, 15) is 10.1 Å². The van der Waals surface area contributed by atoms with Crippen molar-refractivity contribution in [1.29, 1.82) is 5.26 Å². The summed E-state index contributed by atoms with van der Waals surface area (Å²) >= 11 is 0. The number of carbonyl (C=O) groups excluding carboxylic acids is 1. The average Bonchev–Trinajstić information content (AvgIpc) is 2.91. The van der Waals surface area contributed by atoms with Gasteiger partial charge in [0.2, 0.25) is 0 Å². The van der Waals surface area contributed by atoms with Gasteiger partial charge in [0.1, 0.15) is 17.6 Å². The molecule has 2 aliphatic rings. The van der Waals surface area contributed by atoms with Gasteiger partial charge >= 0.3 is 0 Å². The first-order valence-corrected chi connectivity index (χ1v) is 12.3. The molecule has 4 rings (SSSR count). The lowest BCUT2D eigenvalue weighted by atomic mass is 10.1. The second-order valence-electron chi connectivity index (χ2n) is 8.90. The van der Waals surface area contributed by atoms with Crippen molar-refractivity contribution < 1.29 is 14.3 Å². The van der Waals surface area contributed by atoms with Gasteiger partial charge in [-0.2, -0.15) is 5.26 Å². The standard InChI is InChI=1S/C27H34N4O3/c1-33-26-11-6-22(20-23(26)21-28)27(32)31-17-15-30(16-18-31)24-7-9-25(10-8-24)34-19-5-14-29-12-3-2-4-13-29/h6-11,20H,2-5,12-19H2,1H3. The largest absolute Gasteiger partial charge is 0.495 e. The van der Waals surface area contributed by atoms with Gasteiger partial charge in [-0.05, 0) is 74.8 Å². The molecule has 0 atom stereocenters. The molecule has 2 saturated heterocycles. The van der Waals surface area contributed by atoms with Gasteiger partial charge in [-0.1, -0.05) is 6.42 Å². The number of hydrogen-bond acceptors (Lipinski definition) is 6. The monoisotopic (exact) mass is 462 g/mol. The Hall–Kier alpha value is -3.24. The minimum atomic E-state index is -0.0490. The summed E-state index contributed by atoms with van der Waals surface area (Å²) in [5.74, 6) is 1.34. The Kier molecular flexibility index (Phi) is 8.26. The van der Waals surface area contributed by atoms with Crippen molar-refractivity contribution in [3.8, 4) is 17.6 Å². The highest BCUT2D eigenvalue weighted by molar-refractivity contribution is 5.95. The van der Waals surface area contributed by atoms with E-state index >= 15 is 0 Å². The van der Waals surface area contributed by atoms with Gasteiger partial charge in [0.05, 0.1) is 19.3 Å². The molecule has 2 heterocycles. The predicted octanol–water partition coefficient (Wildman–Crippen LogP) is 3.78. The fourth-order valence-electron chi connectivity index (χ4n) is 4.69. The summed E-state index contributed by atoms with van der Waals surface area (Å²) in [5.41, 5.74) is 2.04. The maximum absolute atomic E-state index is 12.9. The van der Waals surface area contributed by atoms with Crippen LogP contribution in [-0.4, -0.2) is 75.2 Å². The van der Waals surface area contributed by atoms with Gasteiger partial charge in [-0.25, -0.2) is 0 Å². The number of hydrogen-bond donors (Lipinski definition) is 0. The maximum atomic E-state index is 12.9. The van der Waals surface area contributed by atoms with Crippen molar-refractivity contribution in [2.45, 2.75) is 25.7 Å². The molecule has 7 nitrogen and oxygen atoms in total. The van der Waals surface area contributed by atoms with Crippen LogP contribution in [0.25, 0.3) is 0 Å². The van der Waals surface area contributed by atoms with Crippen molar-refractivity contribution in [3.63, 3.8) is 0 Å². The second-order valence-corrected chi connectivity index (χ2v) is 8.90. The summed E-state index contributed by atoms with van der Waals surface area (Å²) < 4.78 is 11.1. The molecular formula is C27H34N4O3. The Balaban J connectivity index is 1.23. The Labute approximate surface area is 202 Å². The number of methoxy groups -OCH3 is 1. The molecule has 2 aromatic carbocycles. The van der Waals surface area contributed by atoms with E-state index in [1.54, 1.807) is 18.2 Å². The van der Waals surface area contributed by atoms with Crippen LogP contribution in [0.1, 0.15) is 41.6 Å². The molecule has 0 unspecified atom stereocenters. The van der Waals surface area contributed by atoms with Crippen LogP contribution in [0.3, 0.4) is 0 Å². The first-order valence-electron chi connectivity index (χ1n) is 12.3. The van der Waals surface area contributed by atoms with Gasteiger partial charge in [0.15, 0.2) is 0 Å². The van der Waals surface area contributed by atoms with Gasteiger partial charge in [-0.3, -0.25) is 4.79 Å². The number of piperazine rings is 1. The average molecular weight is 463 g/mol. The van der Waals surface area contributed by atoms with Crippen LogP contribution >= 0.6 is 0 Å². The number of likely N-dealkylation sites (tertiary alicyclic amines) is 1. The minimum absolute atomic E-state index is 0.0490. The molecule has 2 fully saturated rings. The smallest absolute Gasteiger partial charge is 0.254 e. The van der Waals surface area contributed by atoms with E-state index in [0.29, 0.717) is 30.0 Å². The zero-order valence-electron chi connectivity index (χ0n) is 20.0. The van der Waals surface area contributed by atoms with E-state index in [4.69, 9.17) is 9.47 Å². The van der Waals surface area contributed by atoms with Crippen LogP contribution in [-0.2, 0) is 0 Å². The Morgan fingerprint density at radius 1 is 0.971 bits per heavy atom. The van der Waals surface area contributed by atoms with E-state index in [1.807, 2.05) is 17.0 Å². The van der Waals surface area contributed by atoms with Gasteiger partial charge < -0.3 is 24.2 Å². The molecule has 34 heavy (non-hydrogen) atoms. The SMILES string of the molecule is COc1ccc(C(=O)N2CCN(c3ccc(OCCCN4CCCCC4)cc3)CC2)cc1C#N. The summed E-state index contributed by atoms with van der Waals surface area (Å²) in [4.78, 5) is 19.6. The fraction of sp³-hybridized carbons (Fsp3) is 0.481. The molecule has 180 valence electrons. The molecule has 2 aromatic rings. The third-order valence-electron chi connectivity index (χ3n) is 6.67. The minimum Gasteiger partial charge on any atom is -0.495 e. The van der Waals surface area contributed by atoms with E-state index in [-0.39, 0.29) is 5.91 Å². The molecule has 0 aliphatic carbocycles. The molecule has 0 N–H and O–H groups in total. The van der Waals surface area contributed by atoms with Crippen LogP contribution in [0.4, 0.5) is 5.69 Å². The highest BCUT2D eigenvalue weighted by atomic mass is 16.5. The lowest BCUT2D eigenvalue weighted by Crippen LogP contribution is -2.48. The van der Waals surface area contributed by atoms with Gasteiger partial charge in [0.25, 0.3) is 5.91 Å². The summed E-state index contributed by atoms with van der Waals surface area (Å²) in [6.45, 7) is 7.14. The highest BCUT2D eigenvalue weighted by Crippen LogP contribution is 2.23. The number of nitrogens with zero attached hydrogens (tertiary/aromatic N) is 4. The number of carbonyl (C=O) groups is 1. The van der Waals surface area contributed by atoms with E-state index < -0.39 is 0 Å². The molecule has 0 radical (unpaired) electrons. The van der Waals surface area contributed by atoms with E-state index in [2.05, 4.69) is 28.0 Å². The number of piperidine rings is 1. The van der Waals surface area contributed by atoms with Crippen LogP contribution < -0.4 is 14.4 Å². The number of anilines is 1. The Morgan fingerprint density at radius 2 is 1.71 bits per heavy atom. The summed E-state index contributed by atoms with van der Waals surface area (Å²) in [6, 6.07) is 15.4. The van der Waals surface area contributed by atoms with Crippen molar-refractivity contribution >= 4 is 11.6 Å². The number of amides is 1. The van der Waals surface area contributed by atoms with Crippen molar-refractivity contribution in [1.82, 2.24) is 9.80 Å². The zero-order chi connectivity index (χ0) is 23.8. The number of nitriles is 1. The fourth-order valence-corrected chi connectivity index (χ4v) is 4.69.